The van der Waals surface area contributed by atoms with Crippen molar-refractivity contribution in [1.29, 1.82) is 0 Å². The van der Waals surface area contributed by atoms with Crippen molar-refractivity contribution in [1.82, 2.24) is 24.4 Å². The van der Waals surface area contributed by atoms with Crippen LogP contribution in [0.25, 0.3) is 27.5 Å². The Morgan fingerprint density at radius 2 is 1.80 bits per heavy atom. The lowest BCUT2D eigenvalue weighted by Crippen LogP contribution is -2.41. The van der Waals surface area contributed by atoms with Gasteiger partial charge >= 0.3 is 0 Å². The summed E-state index contributed by atoms with van der Waals surface area (Å²) in [6.07, 6.45) is 2.87. The van der Waals surface area contributed by atoms with Gasteiger partial charge in [0.2, 0.25) is 0 Å². The number of aromatic nitrogens is 4. The van der Waals surface area contributed by atoms with Crippen molar-refractivity contribution >= 4 is 45.1 Å². The lowest BCUT2D eigenvalue weighted by Gasteiger charge is -2.28. The standard InChI is InChI=1S/C29H25ClN6O4/c1-17(34-27-23-21(37)10-11-31-26(23)32-16-33-27)25-24(30)19-8-5-9-20(28(38)35-12-14-40-15-13-35)22(19)29(39)36(25)18-6-3-2-4-7-18/h2-11,16-17H,12-15H2,1H3,(H2,31,32,33,34,37)/t17-/m0/s1. The fourth-order valence-corrected chi connectivity index (χ4v) is 5.55. The van der Waals surface area contributed by atoms with Crippen LogP contribution >= 0.6 is 11.6 Å². The van der Waals surface area contributed by atoms with Crippen LogP contribution in [0.3, 0.4) is 0 Å². The van der Waals surface area contributed by atoms with Crippen LogP contribution in [0.15, 0.2) is 76.7 Å². The zero-order valence-corrected chi connectivity index (χ0v) is 22.3. The maximum atomic E-state index is 14.3. The monoisotopic (exact) mass is 556 g/mol. The molecular formula is C29H25ClN6O4. The Kier molecular flexibility index (Phi) is 6.79. The summed E-state index contributed by atoms with van der Waals surface area (Å²) in [7, 11) is 0. The number of ether oxygens (including phenoxy) is 1. The van der Waals surface area contributed by atoms with E-state index in [0.717, 1.165) is 0 Å². The van der Waals surface area contributed by atoms with Crippen LogP contribution in [0.1, 0.15) is 29.0 Å². The summed E-state index contributed by atoms with van der Waals surface area (Å²) in [6, 6.07) is 15.1. The zero-order chi connectivity index (χ0) is 27.8. The molecule has 1 amide bonds. The van der Waals surface area contributed by atoms with Gasteiger partial charge in [0.15, 0.2) is 5.43 Å². The molecule has 11 heteroatoms. The molecule has 1 aliphatic heterocycles. The van der Waals surface area contributed by atoms with Crippen molar-refractivity contribution in [3.63, 3.8) is 0 Å². The van der Waals surface area contributed by atoms with Crippen LogP contribution < -0.4 is 16.3 Å². The van der Waals surface area contributed by atoms with E-state index in [-0.39, 0.29) is 27.8 Å². The molecule has 10 nitrogen and oxygen atoms in total. The van der Waals surface area contributed by atoms with Gasteiger partial charge < -0.3 is 19.9 Å². The van der Waals surface area contributed by atoms with Crippen LogP contribution in [-0.2, 0) is 4.74 Å². The van der Waals surface area contributed by atoms with Crippen LogP contribution in [0.2, 0.25) is 5.02 Å². The van der Waals surface area contributed by atoms with Crippen LogP contribution in [0.5, 0.6) is 0 Å². The molecule has 40 heavy (non-hydrogen) atoms. The summed E-state index contributed by atoms with van der Waals surface area (Å²) >= 11 is 7.10. The Morgan fingerprint density at radius 3 is 2.58 bits per heavy atom. The Morgan fingerprint density at radius 1 is 1.02 bits per heavy atom. The summed E-state index contributed by atoms with van der Waals surface area (Å²) in [5.41, 5.74) is 1.08. The number of H-pyrrole nitrogens is 1. The second-order valence-electron chi connectivity index (χ2n) is 9.46. The fraction of sp³-hybridized carbons (Fsp3) is 0.207. The minimum Gasteiger partial charge on any atom is -0.378 e. The van der Waals surface area contributed by atoms with E-state index in [1.807, 2.05) is 25.1 Å². The summed E-state index contributed by atoms with van der Waals surface area (Å²) in [5.74, 6) is 0.0612. The molecule has 1 fully saturated rings. The quantitative estimate of drug-likeness (QED) is 0.336. The maximum absolute atomic E-state index is 14.3. The number of hydrogen-bond acceptors (Lipinski definition) is 7. The molecule has 2 aromatic carbocycles. The van der Waals surface area contributed by atoms with Crippen LogP contribution in [-0.4, -0.2) is 56.6 Å². The summed E-state index contributed by atoms with van der Waals surface area (Å²) in [6.45, 7) is 3.61. The van der Waals surface area contributed by atoms with Gasteiger partial charge in [0, 0.05) is 36.4 Å². The molecule has 1 aliphatic rings. The Bertz CT molecular complexity index is 1860. The lowest BCUT2D eigenvalue weighted by atomic mass is 10.0. The number of pyridine rings is 2. The highest BCUT2D eigenvalue weighted by Gasteiger charge is 2.27. The molecule has 0 saturated carbocycles. The van der Waals surface area contributed by atoms with Crippen molar-refractivity contribution in [2.45, 2.75) is 13.0 Å². The number of nitrogens with zero attached hydrogens (tertiary/aromatic N) is 4. The zero-order valence-electron chi connectivity index (χ0n) is 21.6. The number of carbonyl (C=O) groups excluding carboxylic acids is 1. The van der Waals surface area contributed by atoms with Gasteiger partial charge in [-0.15, -0.1) is 0 Å². The molecule has 0 unspecified atom stereocenters. The van der Waals surface area contributed by atoms with Crippen molar-refractivity contribution in [2.24, 2.45) is 0 Å². The number of halogens is 1. The van der Waals surface area contributed by atoms with E-state index in [1.54, 1.807) is 35.2 Å². The highest BCUT2D eigenvalue weighted by molar-refractivity contribution is 6.36. The number of nitrogens with one attached hydrogen (secondary N) is 2. The molecule has 3 aromatic heterocycles. The average Bonchev–Trinajstić information content (AvgIpc) is 2.99. The second kappa shape index (κ2) is 10.6. The molecule has 5 aromatic rings. The van der Waals surface area contributed by atoms with Gasteiger partial charge in [-0.2, -0.15) is 0 Å². The van der Waals surface area contributed by atoms with Gasteiger partial charge in [0.1, 0.15) is 23.2 Å². The number of amides is 1. The first-order valence-electron chi connectivity index (χ1n) is 12.8. The topological polar surface area (TPSA) is 122 Å². The molecule has 0 spiro atoms. The van der Waals surface area contributed by atoms with E-state index in [2.05, 4.69) is 20.3 Å². The molecule has 4 heterocycles. The van der Waals surface area contributed by atoms with E-state index < -0.39 is 6.04 Å². The van der Waals surface area contributed by atoms with Gasteiger partial charge in [-0.25, -0.2) is 9.97 Å². The van der Waals surface area contributed by atoms with Crippen LogP contribution in [0, 0.1) is 0 Å². The predicted molar refractivity (Wildman–Crippen MR) is 153 cm³/mol. The number of fused-ring (bicyclic) bond motifs is 2. The molecule has 0 radical (unpaired) electrons. The Labute approximate surface area is 233 Å². The third-order valence-corrected chi connectivity index (χ3v) is 7.44. The molecule has 0 aliphatic carbocycles. The third-order valence-electron chi connectivity index (χ3n) is 7.04. The number of aromatic amines is 1. The maximum Gasteiger partial charge on any atom is 0.264 e. The highest BCUT2D eigenvalue weighted by atomic mass is 35.5. The van der Waals surface area contributed by atoms with E-state index in [1.165, 1.54) is 23.2 Å². The minimum absolute atomic E-state index is 0.243. The molecular weight excluding hydrogens is 532 g/mol. The SMILES string of the molecule is C[C@H](Nc1ncnc2[nH]ccc(=O)c12)c1c(Cl)c2cccc(C(=O)N3CCOCC3)c2c(=O)n1-c1ccccc1. The van der Waals surface area contributed by atoms with E-state index >= 15 is 0 Å². The van der Waals surface area contributed by atoms with E-state index in [9.17, 15) is 14.4 Å². The lowest BCUT2D eigenvalue weighted by molar-refractivity contribution is 0.0304. The molecule has 2 N–H and O–H groups in total. The molecule has 0 bridgehead atoms. The van der Waals surface area contributed by atoms with Crippen molar-refractivity contribution in [3.05, 3.63) is 104 Å². The molecule has 1 atom stereocenters. The van der Waals surface area contributed by atoms with Crippen molar-refractivity contribution < 1.29 is 9.53 Å². The number of rotatable bonds is 5. The second-order valence-corrected chi connectivity index (χ2v) is 9.84. The molecule has 6 rings (SSSR count). The molecule has 1 saturated heterocycles. The first-order valence-corrected chi connectivity index (χ1v) is 13.2. The number of para-hydroxylation sites is 1. The number of carbonyl (C=O) groups is 1. The Hall–Kier alpha value is -4.54. The average molecular weight is 557 g/mol. The van der Waals surface area contributed by atoms with Gasteiger partial charge in [0.05, 0.1) is 40.9 Å². The first-order chi connectivity index (χ1) is 19.5. The third kappa shape index (κ3) is 4.41. The smallest absolute Gasteiger partial charge is 0.264 e. The highest BCUT2D eigenvalue weighted by Crippen LogP contribution is 2.34. The van der Waals surface area contributed by atoms with Gasteiger partial charge in [-0.1, -0.05) is 41.9 Å². The van der Waals surface area contributed by atoms with Crippen molar-refractivity contribution in [2.75, 3.05) is 31.6 Å². The summed E-state index contributed by atoms with van der Waals surface area (Å²) < 4.78 is 6.92. The largest absolute Gasteiger partial charge is 0.378 e. The fourth-order valence-electron chi connectivity index (χ4n) is 5.15. The molecule has 202 valence electrons. The Balaban J connectivity index is 1.57. The van der Waals surface area contributed by atoms with E-state index in [4.69, 9.17) is 16.3 Å². The normalized spacial score (nSPS) is 14.4. The number of morpholine rings is 1. The van der Waals surface area contributed by atoms with Gasteiger partial charge in [0.25, 0.3) is 11.5 Å². The summed E-state index contributed by atoms with van der Waals surface area (Å²) in [5, 5.41) is 4.58. The van der Waals surface area contributed by atoms with E-state index in [0.29, 0.717) is 64.9 Å². The summed E-state index contributed by atoms with van der Waals surface area (Å²) in [4.78, 5) is 53.7. The predicted octanol–water partition coefficient (Wildman–Crippen LogP) is 3.92. The number of hydrogen-bond donors (Lipinski definition) is 2. The van der Waals surface area contributed by atoms with Gasteiger partial charge in [-0.3, -0.25) is 19.0 Å². The number of anilines is 1. The van der Waals surface area contributed by atoms with Crippen LogP contribution in [0.4, 0.5) is 5.82 Å². The van der Waals surface area contributed by atoms with Gasteiger partial charge in [-0.05, 0) is 25.1 Å². The minimum atomic E-state index is -0.582. The first kappa shape index (κ1) is 25.7. The van der Waals surface area contributed by atoms with Crippen molar-refractivity contribution in [3.8, 4) is 5.69 Å². The number of benzene rings is 2.